The first kappa shape index (κ1) is 23.2. The maximum absolute atomic E-state index is 10.8. The number of thiocarbonyl (C=S) groups is 1. The Morgan fingerprint density at radius 3 is 2.57 bits per heavy atom. The topological polar surface area (TPSA) is 71.6 Å². The van der Waals surface area contributed by atoms with Crippen LogP contribution in [0.5, 0.6) is 0 Å². The van der Waals surface area contributed by atoms with Crippen molar-refractivity contribution in [3.63, 3.8) is 0 Å². The normalized spacial score (nSPS) is 26.8. The summed E-state index contributed by atoms with van der Waals surface area (Å²) in [4.78, 5) is 7.33. The van der Waals surface area contributed by atoms with E-state index in [0.717, 1.165) is 21.7 Å². The summed E-state index contributed by atoms with van der Waals surface area (Å²) in [5, 5.41) is 10.8. The van der Waals surface area contributed by atoms with Crippen molar-refractivity contribution in [2.45, 2.75) is 65.1 Å². The lowest BCUT2D eigenvalue weighted by molar-refractivity contribution is 0.0287. The highest BCUT2D eigenvalue weighted by Gasteiger charge is 2.36. The molecule has 1 aromatic heterocycles. The van der Waals surface area contributed by atoms with E-state index in [1.54, 1.807) is 0 Å². The molecular formula is C23H31N3O2S2. The lowest BCUT2D eigenvalue weighted by Gasteiger charge is -2.31. The molecule has 3 rings (SSSR count). The van der Waals surface area contributed by atoms with E-state index < -0.39 is 6.23 Å². The minimum absolute atomic E-state index is 0.112. The molecule has 2 heterocycles. The Hall–Kier alpha value is -1.51. The fourth-order valence-corrected chi connectivity index (χ4v) is 4.93. The van der Waals surface area contributed by atoms with Gasteiger partial charge in [0.1, 0.15) is 4.32 Å². The summed E-state index contributed by atoms with van der Waals surface area (Å²) >= 11 is 6.94. The zero-order valence-electron chi connectivity index (χ0n) is 18.1. The van der Waals surface area contributed by atoms with Crippen molar-refractivity contribution in [1.82, 2.24) is 9.88 Å². The van der Waals surface area contributed by atoms with Crippen molar-refractivity contribution in [2.24, 2.45) is 11.7 Å². The van der Waals surface area contributed by atoms with E-state index in [0.29, 0.717) is 10.2 Å². The number of aromatic nitrogens is 1. The summed E-state index contributed by atoms with van der Waals surface area (Å²) in [5.74, 6) is 0.396. The minimum atomic E-state index is -0.709. The molecule has 5 nitrogen and oxygen atoms in total. The van der Waals surface area contributed by atoms with Crippen LogP contribution in [-0.2, 0) is 4.74 Å². The van der Waals surface area contributed by atoms with Crippen LogP contribution < -0.4 is 5.73 Å². The lowest BCUT2D eigenvalue weighted by atomic mass is 9.98. The lowest BCUT2D eigenvalue weighted by Crippen LogP contribution is -2.42. The second-order valence-electron chi connectivity index (χ2n) is 8.36. The maximum atomic E-state index is 10.8. The van der Waals surface area contributed by atoms with E-state index >= 15 is 0 Å². The molecule has 2 aliphatic rings. The molecule has 1 aromatic rings. The van der Waals surface area contributed by atoms with Gasteiger partial charge in [0.2, 0.25) is 0 Å². The molecular weight excluding hydrogens is 414 g/mol. The van der Waals surface area contributed by atoms with Crippen molar-refractivity contribution in [1.29, 1.82) is 0 Å². The zero-order chi connectivity index (χ0) is 22.0. The molecule has 0 radical (unpaired) electrons. The standard InChI is InChI=1S/C23H31N3O2S2/c1-13(2)15(5)26-22(27)21(30-23(26)29)10-16-6-8-19(25-12-16)17-7-9-20(18(24)11-17)28-14(3)4/h6-15,18,20,22,27H,24H2,1-5H3. The van der Waals surface area contributed by atoms with Gasteiger partial charge in [0.25, 0.3) is 0 Å². The Labute approximate surface area is 189 Å². The van der Waals surface area contributed by atoms with Gasteiger partial charge in [0.05, 0.1) is 23.9 Å². The molecule has 162 valence electrons. The van der Waals surface area contributed by atoms with Crippen LogP contribution >= 0.6 is 24.0 Å². The second kappa shape index (κ2) is 9.75. The highest BCUT2D eigenvalue weighted by atomic mass is 32.2. The molecule has 4 unspecified atom stereocenters. The third-order valence-electron chi connectivity index (χ3n) is 5.37. The number of allylic oxidation sites excluding steroid dienone is 2. The quantitative estimate of drug-likeness (QED) is 0.636. The van der Waals surface area contributed by atoms with Gasteiger partial charge in [-0.3, -0.25) is 4.98 Å². The largest absolute Gasteiger partial charge is 0.370 e. The predicted molar refractivity (Wildman–Crippen MR) is 130 cm³/mol. The van der Waals surface area contributed by atoms with E-state index in [4.69, 9.17) is 22.7 Å². The molecule has 7 heteroatoms. The minimum Gasteiger partial charge on any atom is -0.370 e. The molecule has 0 saturated carbocycles. The number of aliphatic hydroxyl groups excluding tert-OH is 1. The maximum Gasteiger partial charge on any atom is 0.160 e. The highest BCUT2D eigenvalue weighted by molar-refractivity contribution is 8.25. The van der Waals surface area contributed by atoms with Crippen LogP contribution in [0.4, 0.5) is 0 Å². The van der Waals surface area contributed by atoms with Gasteiger partial charge in [-0.25, -0.2) is 0 Å². The van der Waals surface area contributed by atoms with Crippen LogP contribution in [0.3, 0.4) is 0 Å². The first-order chi connectivity index (χ1) is 14.2. The molecule has 1 saturated heterocycles. The van der Waals surface area contributed by atoms with Crippen molar-refractivity contribution >= 4 is 39.9 Å². The number of rotatable bonds is 6. The Balaban J connectivity index is 1.73. The molecule has 0 amide bonds. The summed E-state index contributed by atoms with van der Waals surface area (Å²) in [7, 11) is 0. The predicted octanol–water partition coefficient (Wildman–Crippen LogP) is 4.19. The Morgan fingerprint density at radius 2 is 2.00 bits per heavy atom. The molecule has 1 fully saturated rings. The van der Waals surface area contributed by atoms with Gasteiger partial charge < -0.3 is 20.5 Å². The molecule has 30 heavy (non-hydrogen) atoms. The third kappa shape index (κ3) is 5.21. The smallest absolute Gasteiger partial charge is 0.160 e. The number of thioether (sulfide) groups is 1. The summed E-state index contributed by atoms with van der Waals surface area (Å²) < 4.78 is 6.53. The highest BCUT2D eigenvalue weighted by Crippen LogP contribution is 2.38. The second-order valence-corrected chi connectivity index (χ2v) is 10.1. The van der Waals surface area contributed by atoms with Gasteiger partial charge in [-0.1, -0.05) is 62.1 Å². The van der Waals surface area contributed by atoms with Crippen molar-refractivity contribution in [2.75, 3.05) is 0 Å². The Kier molecular flexibility index (Phi) is 7.52. The summed E-state index contributed by atoms with van der Waals surface area (Å²) in [6, 6.07) is 3.94. The molecule has 1 aliphatic carbocycles. The third-order valence-corrected chi connectivity index (χ3v) is 6.79. The van der Waals surface area contributed by atoms with E-state index in [2.05, 4.69) is 25.8 Å². The molecule has 0 bridgehead atoms. The summed E-state index contributed by atoms with van der Waals surface area (Å²) in [5.41, 5.74) is 9.01. The first-order valence-electron chi connectivity index (χ1n) is 10.3. The number of nitrogens with zero attached hydrogens (tertiary/aromatic N) is 2. The number of hydrogen-bond donors (Lipinski definition) is 2. The van der Waals surface area contributed by atoms with Gasteiger partial charge in [-0.05, 0) is 50.0 Å². The van der Waals surface area contributed by atoms with Crippen LogP contribution in [0.2, 0.25) is 0 Å². The monoisotopic (exact) mass is 445 g/mol. The summed E-state index contributed by atoms with van der Waals surface area (Å²) in [6.45, 7) is 10.4. The number of pyridine rings is 1. The van der Waals surface area contributed by atoms with Crippen LogP contribution in [-0.4, -0.2) is 49.8 Å². The van der Waals surface area contributed by atoms with Crippen LogP contribution in [0.15, 0.2) is 41.5 Å². The first-order valence-corrected chi connectivity index (χ1v) is 11.6. The molecule has 3 N–H and O–H groups in total. The molecule has 4 atom stereocenters. The number of aliphatic hydroxyl groups is 1. The summed E-state index contributed by atoms with van der Waals surface area (Å²) in [6.07, 6.45) is 9.07. The van der Waals surface area contributed by atoms with Crippen LogP contribution in [0, 0.1) is 5.92 Å². The molecule has 1 aliphatic heterocycles. The van der Waals surface area contributed by atoms with Gasteiger partial charge in [0.15, 0.2) is 6.23 Å². The van der Waals surface area contributed by atoms with Gasteiger partial charge in [-0.2, -0.15) is 0 Å². The number of nitrogens with two attached hydrogens (primary N) is 1. The fraction of sp³-hybridized carbons (Fsp3) is 0.478. The van der Waals surface area contributed by atoms with E-state index in [1.807, 2.05) is 61.4 Å². The van der Waals surface area contributed by atoms with Gasteiger partial charge in [-0.15, -0.1) is 0 Å². The van der Waals surface area contributed by atoms with Crippen molar-refractivity contribution in [3.8, 4) is 0 Å². The Morgan fingerprint density at radius 1 is 1.27 bits per heavy atom. The average molecular weight is 446 g/mol. The van der Waals surface area contributed by atoms with Crippen LogP contribution in [0.1, 0.15) is 45.9 Å². The van der Waals surface area contributed by atoms with E-state index in [-0.39, 0.29) is 24.3 Å². The van der Waals surface area contributed by atoms with Gasteiger partial charge in [0, 0.05) is 17.1 Å². The van der Waals surface area contributed by atoms with E-state index in [1.165, 1.54) is 11.8 Å². The zero-order valence-corrected chi connectivity index (χ0v) is 19.8. The SMILES string of the molecule is CC(C)OC1C=CC(c2ccc(C=C3SC(=S)N(C(C)C(C)C)C3O)cn2)=CC1N. The molecule has 0 spiro atoms. The Bertz CT molecular complexity index is 862. The number of ether oxygens (including phenoxy) is 1. The van der Waals surface area contributed by atoms with Crippen LogP contribution in [0.25, 0.3) is 11.6 Å². The average Bonchev–Trinajstić information content (AvgIpc) is 2.96. The number of hydrogen-bond acceptors (Lipinski definition) is 6. The fourth-order valence-electron chi connectivity index (χ4n) is 3.39. The van der Waals surface area contributed by atoms with Crippen molar-refractivity contribution < 1.29 is 9.84 Å². The molecule has 0 aromatic carbocycles. The van der Waals surface area contributed by atoms with Gasteiger partial charge >= 0.3 is 0 Å². The van der Waals surface area contributed by atoms with E-state index in [9.17, 15) is 5.11 Å². The van der Waals surface area contributed by atoms with Crippen molar-refractivity contribution in [3.05, 3.63) is 52.7 Å².